The number of hydrogen-bond donors (Lipinski definition) is 2. The number of halogens is 4. The van der Waals surface area contributed by atoms with Gasteiger partial charge in [-0.05, 0) is 31.2 Å². The van der Waals surface area contributed by atoms with Gasteiger partial charge in [-0.25, -0.2) is 0 Å². The van der Waals surface area contributed by atoms with Crippen LogP contribution in [-0.2, 0) is 6.18 Å². The van der Waals surface area contributed by atoms with E-state index in [-0.39, 0.29) is 17.2 Å². The molecule has 2 rings (SSSR count). The summed E-state index contributed by atoms with van der Waals surface area (Å²) in [5.41, 5.74) is -0.727. The standard InChI is InChI=1S/C14H10ClF3N2O2/c1-7(21)8-4-12(19-6-8)13(22)20-9-2-3-11(15)10(5-9)14(16,17)18/h2-6,19H,1H3,(H,20,22). The number of alkyl halides is 3. The Bertz CT molecular complexity index is 738. The van der Waals surface area contributed by atoms with Crippen molar-refractivity contribution in [3.05, 3.63) is 52.3 Å². The summed E-state index contributed by atoms with van der Waals surface area (Å²) in [5, 5.41) is 1.86. The lowest BCUT2D eigenvalue weighted by molar-refractivity contribution is -0.137. The fourth-order valence-electron chi connectivity index (χ4n) is 1.75. The van der Waals surface area contributed by atoms with Crippen LogP contribution in [0.2, 0.25) is 5.02 Å². The lowest BCUT2D eigenvalue weighted by Gasteiger charge is -2.11. The van der Waals surface area contributed by atoms with Gasteiger partial charge in [0.15, 0.2) is 5.78 Å². The fraction of sp³-hybridized carbons (Fsp3) is 0.143. The zero-order chi connectivity index (χ0) is 16.5. The number of hydrogen-bond acceptors (Lipinski definition) is 2. The van der Waals surface area contributed by atoms with E-state index in [1.807, 2.05) is 0 Å². The summed E-state index contributed by atoms with van der Waals surface area (Å²) in [6.45, 7) is 1.33. The zero-order valence-corrected chi connectivity index (χ0v) is 12.0. The first-order chi connectivity index (χ1) is 10.2. The van der Waals surface area contributed by atoms with Crippen LogP contribution in [0.25, 0.3) is 0 Å². The van der Waals surface area contributed by atoms with Crippen LogP contribution >= 0.6 is 11.6 Å². The smallest absolute Gasteiger partial charge is 0.356 e. The molecule has 116 valence electrons. The van der Waals surface area contributed by atoms with E-state index in [1.54, 1.807) is 0 Å². The van der Waals surface area contributed by atoms with Crippen molar-refractivity contribution in [3.8, 4) is 0 Å². The summed E-state index contributed by atoms with van der Waals surface area (Å²) in [7, 11) is 0. The molecule has 1 heterocycles. The molecule has 0 aliphatic rings. The highest BCUT2D eigenvalue weighted by molar-refractivity contribution is 6.31. The zero-order valence-electron chi connectivity index (χ0n) is 11.2. The summed E-state index contributed by atoms with van der Waals surface area (Å²) < 4.78 is 38.2. The molecule has 22 heavy (non-hydrogen) atoms. The van der Waals surface area contributed by atoms with Crippen molar-refractivity contribution in [3.63, 3.8) is 0 Å². The number of carbonyl (C=O) groups is 2. The minimum atomic E-state index is -4.62. The van der Waals surface area contributed by atoms with Crippen molar-refractivity contribution in [1.29, 1.82) is 0 Å². The number of carbonyl (C=O) groups excluding carboxylic acids is 2. The quantitative estimate of drug-likeness (QED) is 0.831. The van der Waals surface area contributed by atoms with Crippen LogP contribution in [-0.4, -0.2) is 16.7 Å². The van der Waals surface area contributed by atoms with Gasteiger partial charge in [-0.15, -0.1) is 0 Å². The molecule has 0 aliphatic heterocycles. The van der Waals surface area contributed by atoms with E-state index in [0.29, 0.717) is 5.56 Å². The number of H-pyrrole nitrogens is 1. The Morgan fingerprint density at radius 1 is 1.23 bits per heavy atom. The average Bonchev–Trinajstić information content (AvgIpc) is 2.89. The van der Waals surface area contributed by atoms with E-state index < -0.39 is 22.7 Å². The van der Waals surface area contributed by atoms with Crippen molar-refractivity contribution in [2.45, 2.75) is 13.1 Å². The molecule has 0 bridgehead atoms. The first kappa shape index (κ1) is 16.1. The van der Waals surface area contributed by atoms with E-state index in [0.717, 1.165) is 12.1 Å². The van der Waals surface area contributed by atoms with Gasteiger partial charge >= 0.3 is 6.18 Å². The summed E-state index contributed by atoms with van der Waals surface area (Å²) in [6.07, 6.45) is -3.27. The first-order valence-electron chi connectivity index (χ1n) is 6.06. The lowest BCUT2D eigenvalue weighted by atomic mass is 10.2. The number of amides is 1. The van der Waals surface area contributed by atoms with Crippen LogP contribution in [0.4, 0.5) is 18.9 Å². The minimum absolute atomic E-state index is 0.0549. The topological polar surface area (TPSA) is 62.0 Å². The third-order valence-electron chi connectivity index (χ3n) is 2.86. The van der Waals surface area contributed by atoms with Gasteiger partial charge in [-0.3, -0.25) is 9.59 Å². The highest BCUT2D eigenvalue weighted by Gasteiger charge is 2.33. The Hall–Kier alpha value is -2.28. The molecular formula is C14H10ClF3N2O2. The second-order valence-electron chi connectivity index (χ2n) is 4.50. The van der Waals surface area contributed by atoms with Crippen molar-refractivity contribution in [2.75, 3.05) is 5.32 Å². The summed E-state index contributed by atoms with van der Waals surface area (Å²) in [4.78, 5) is 25.7. The van der Waals surface area contributed by atoms with Crippen molar-refractivity contribution in [1.82, 2.24) is 4.98 Å². The Morgan fingerprint density at radius 3 is 2.45 bits per heavy atom. The number of anilines is 1. The molecule has 4 nitrogen and oxygen atoms in total. The minimum Gasteiger partial charge on any atom is -0.356 e. The molecule has 0 radical (unpaired) electrons. The normalized spacial score (nSPS) is 11.3. The Kier molecular flexibility index (Phi) is 4.27. The molecule has 1 amide bonds. The fourth-order valence-corrected chi connectivity index (χ4v) is 1.97. The molecule has 0 saturated carbocycles. The van der Waals surface area contributed by atoms with E-state index in [9.17, 15) is 22.8 Å². The molecule has 0 fully saturated rings. The molecule has 8 heteroatoms. The molecular weight excluding hydrogens is 321 g/mol. The predicted molar refractivity (Wildman–Crippen MR) is 75.2 cm³/mol. The number of aromatic amines is 1. The summed E-state index contributed by atoms with van der Waals surface area (Å²) in [6, 6.07) is 4.37. The molecule has 1 aromatic heterocycles. The lowest BCUT2D eigenvalue weighted by Crippen LogP contribution is -2.13. The number of rotatable bonds is 3. The molecule has 2 aromatic rings. The van der Waals surface area contributed by atoms with E-state index in [4.69, 9.17) is 11.6 Å². The van der Waals surface area contributed by atoms with Crippen LogP contribution in [0.3, 0.4) is 0 Å². The molecule has 1 aromatic carbocycles. The van der Waals surface area contributed by atoms with Crippen LogP contribution < -0.4 is 5.32 Å². The SMILES string of the molecule is CC(=O)c1c[nH]c(C(=O)Nc2ccc(Cl)c(C(F)(F)F)c2)c1. The number of Topliss-reactive ketones (excluding diaryl/α,β-unsaturated/α-hetero) is 1. The van der Waals surface area contributed by atoms with Gasteiger partial charge in [0.25, 0.3) is 5.91 Å². The monoisotopic (exact) mass is 330 g/mol. The summed E-state index contributed by atoms with van der Waals surface area (Å²) >= 11 is 5.50. The van der Waals surface area contributed by atoms with Gasteiger partial charge in [0.1, 0.15) is 5.69 Å². The number of ketones is 1. The van der Waals surface area contributed by atoms with E-state index >= 15 is 0 Å². The third kappa shape index (κ3) is 3.48. The molecule has 0 atom stereocenters. The highest BCUT2D eigenvalue weighted by atomic mass is 35.5. The van der Waals surface area contributed by atoms with Crippen LogP contribution in [0.15, 0.2) is 30.5 Å². The van der Waals surface area contributed by atoms with Gasteiger partial charge in [0.05, 0.1) is 10.6 Å². The van der Waals surface area contributed by atoms with Gasteiger partial charge in [-0.2, -0.15) is 13.2 Å². The Labute approximate surface area is 128 Å². The highest BCUT2D eigenvalue weighted by Crippen LogP contribution is 2.36. The molecule has 0 saturated heterocycles. The van der Waals surface area contributed by atoms with Crippen molar-refractivity contribution in [2.24, 2.45) is 0 Å². The van der Waals surface area contributed by atoms with E-state index in [2.05, 4.69) is 10.3 Å². The van der Waals surface area contributed by atoms with Crippen LogP contribution in [0.1, 0.15) is 33.3 Å². The molecule has 0 unspecified atom stereocenters. The van der Waals surface area contributed by atoms with Crippen molar-refractivity contribution < 1.29 is 22.8 Å². The molecule has 0 spiro atoms. The Balaban J connectivity index is 2.23. The van der Waals surface area contributed by atoms with E-state index in [1.165, 1.54) is 25.3 Å². The van der Waals surface area contributed by atoms with Crippen LogP contribution in [0, 0.1) is 0 Å². The van der Waals surface area contributed by atoms with Crippen molar-refractivity contribution >= 4 is 29.0 Å². The Morgan fingerprint density at radius 2 is 1.91 bits per heavy atom. The van der Waals surface area contributed by atoms with Crippen LogP contribution in [0.5, 0.6) is 0 Å². The number of aromatic nitrogens is 1. The second kappa shape index (κ2) is 5.84. The average molecular weight is 331 g/mol. The second-order valence-corrected chi connectivity index (χ2v) is 4.91. The van der Waals surface area contributed by atoms with Gasteiger partial charge < -0.3 is 10.3 Å². The number of benzene rings is 1. The maximum atomic E-state index is 12.7. The summed E-state index contributed by atoms with van der Waals surface area (Å²) in [5.74, 6) is -0.899. The predicted octanol–water partition coefficient (Wildman–Crippen LogP) is 4.14. The maximum absolute atomic E-state index is 12.7. The largest absolute Gasteiger partial charge is 0.417 e. The maximum Gasteiger partial charge on any atom is 0.417 e. The molecule has 2 N–H and O–H groups in total. The first-order valence-corrected chi connectivity index (χ1v) is 6.43. The number of nitrogens with one attached hydrogen (secondary N) is 2. The van der Waals surface area contributed by atoms with Gasteiger partial charge in [-0.1, -0.05) is 11.6 Å². The molecule has 0 aliphatic carbocycles. The van der Waals surface area contributed by atoms with Gasteiger partial charge in [0.2, 0.25) is 0 Å². The van der Waals surface area contributed by atoms with Gasteiger partial charge in [0, 0.05) is 17.4 Å². The third-order valence-corrected chi connectivity index (χ3v) is 3.19.